The fourth-order valence-electron chi connectivity index (χ4n) is 2.33. The number of rotatable bonds is 3. The molecule has 0 spiro atoms. The van der Waals surface area contributed by atoms with Gasteiger partial charge in [-0.2, -0.15) is 0 Å². The number of nitrogens with one attached hydrogen (secondary N) is 2. The van der Waals surface area contributed by atoms with Crippen LogP contribution in [0.5, 0.6) is 0 Å². The molecule has 2 nitrogen and oxygen atoms in total. The maximum atomic E-state index is 5.36. The first kappa shape index (κ1) is 16.8. The predicted molar refractivity (Wildman–Crippen MR) is 108 cm³/mol. The molecular formula is C22H18N2S. The van der Waals surface area contributed by atoms with Crippen molar-refractivity contribution in [3.8, 4) is 11.8 Å². The van der Waals surface area contributed by atoms with Crippen molar-refractivity contribution < 1.29 is 0 Å². The van der Waals surface area contributed by atoms with Crippen LogP contribution in [0.25, 0.3) is 0 Å². The van der Waals surface area contributed by atoms with Crippen LogP contribution in [0.3, 0.4) is 0 Å². The smallest absolute Gasteiger partial charge is 0.171 e. The van der Waals surface area contributed by atoms with Crippen molar-refractivity contribution >= 4 is 23.0 Å². The van der Waals surface area contributed by atoms with E-state index in [-0.39, 0.29) is 0 Å². The summed E-state index contributed by atoms with van der Waals surface area (Å²) in [6.07, 6.45) is 0. The van der Waals surface area contributed by atoms with Gasteiger partial charge in [0.15, 0.2) is 5.11 Å². The zero-order valence-corrected chi connectivity index (χ0v) is 14.5. The van der Waals surface area contributed by atoms with E-state index in [2.05, 4.69) is 28.5 Å². The molecule has 0 aliphatic heterocycles. The first-order valence-electron chi connectivity index (χ1n) is 8.06. The van der Waals surface area contributed by atoms with Gasteiger partial charge >= 0.3 is 0 Å². The van der Waals surface area contributed by atoms with Gasteiger partial charge < -0.3 is 10.6 Å². The number of thiocarbonyl (C=S) groups is 1. The molecule has 122 valence electrons. The van der Waals surface area contributed by atoms with Gasteiger partial charge in [0, 0.05) is 23.4 Å². The number of hydrogen-bond donors (Lipinski definition) is 2. The molecule has 0 fully saturated rings. The third kappa shape index (κ3) is 5.20. The summed E-state index contributed by atoms with van der Waals surface area (Å²) in [6, 6.07) is 28.0. The Morgan fingerprint density at radius 2 is 1.40 bits per heavy atom. The van der Waals surface area contributed by atoms with Gasteiger partial charge in [0.25, 0.3) is 0 Å². The van der Waals surface area contributed by atoms with Gasteiger partial charge in [0.1, 0.15) is 0 Å². The van der Waals surface area contributed by atoms with Gasteiger partial charge in [-0.1, -0.05) is 66.4 Å². The molecule has 2 N–H and O–H groups in total. The predicted octanol–water partition coefficient (Wildman–Crippen LogP) is 4.57. The van der Waals surface area contributed by atoms with Crippen molar-refractivity contribution in [2.75, 3.05) is 5.32 Å². The van der Waals surface area contributed by atoms with Gasteiger partial charge in [-0.05, 0) is 48.1 Å². The second-order valence-electron chi connectivity index (χ2n) is 5.45. The lowest BCUT2D eigenvalue weighted by molar-refractivity contribution is 0.922. The Bertz CT molecular complexity index is 893. The van der Waals surface area contributed by atoms with Gasteiger partial charge in [0.05, 0.1) is 0 Å². The Hall–Kier alpha value is -3.09. The lowest BCUT2D eigenvalue weighted by atomic mass is 10.1. The van der Waals surface area contributed by atoms with Crippen LogP contribution in [0, 0.1) is 11.8 Å². The molecule has 0 unspecified atom stereocenters. The van der Waals surface area contributed by atoms with Gasteiger partial charge in [0.2, 0.25) is 0 Å². The minimum absolute atomic E-state index is 0.594. The second-order valence-corrected chi connectivity index (χ2v) is 5.86. The van der Waals surface area contributed by atoms with E-state index >= 15 is 0 Å². The topological polar surface area (TPSA) is 24.1 Å². The molecule has 0 atom stereocenters. The molecular weight excluding hydrogens is 324 g/mol. The van der Waals surface area contributed by atoms with Crippen LogP contribution in [-0.4, -0.2) is 5.11 Å². The van der Waals surface area contributed by atoms with Crippen LogP contribution in [0.2, 0.25) is 0 Å². The van der Waals surface area contributed by atoms with Crippen LogP contribution >= 0.6 is 12.2 Å². The molecule has 25 heavy (non-hydrogen) atoms. The molecule has 0 heterocycles. The molecule has 0 aliphatic rings. The highest BCUT2D eigenvalue weighted by Gasteiger charge is 2.01. The van der Waals surface area contributed by atoms with Crippen molar-refractivity contribution in [2.24, 2.45) is 0 Å². The van der Waals surface area contributed by atoms with Gasteiger partial charge in [-0.15, -0.1) is 0 Å². The van der Waals surface area contributed by atoms with Gasteiger partial charge in [-0.25, -0.2) is 0 Å². The molecule has 3 aromatic carbocycles. The van der Waals surface area contributed by atoms with E-state index in [1.165, 1.54) is 0 Å². The third-order valence-electron chi connectivity index (χ3n) is 3.60. The lowest BCUT2D eigenvalue weighted by Gasteiger charge is -2.11. The summed E-state index contributed by atoms with van der Waals surface area (Å²) in [7, 11) is 0. The average molecular weight is 342 g/mol. The minimum atomic E-state index is 0.594. The van der Waals surface area contributed by atoms with E-state index < -0.39 is 0 Å². The maximum absolute atomic E-state index is 5.36. The molecule has 3 rings (SSSR count). The summed E-state index contributed by atoms with van der Waals surface area (Å²) in [6.45, 7) is 0.623. The number of para-hydroxylation sites is 1. The van der Waals surface area contributed by atoms with E-state index in [0.29, 0.717) is 11.7 Å². The second kappa shape index (κ2) is 8.68. The van der Waals surface area contributed by atoms with Crippen LogP contribution in [0.4, 0.5) is 5.69 Å². The number of hydrogen-bond acceptors (Lipinski definition) is 1. The fraction of sp³-hybridized carbons (Fsp3) is 0.0455. The molecule has 0 bridgehead atoms. The molecule has 0 aromatic heterocycles. The largest absolute Gasteiger partial charge is 0.358 e. The summed E-state index contributed by atoms with van der Waals surface area (Å²) < 4.78 is 0. The molecule has 0 aliphatic carbocycles. The highest BCUT2D eigenvalue weighted by Crippen LogP contribution is 2.09. The Kier molecular flexibility index (Phi) is 5.82. The minimum Gasteiger partial charge on any atom is -0.358 e. The Morgan fingerprint density at radius 3 is 2.16 bits per heavy atom. The normalized spacial score (nSPS) is 9.60. The van der Waals surface area contributed by atoms with E-state index in [1.807, 2.05) is 78.9 Å². The van der Waals surface area contributed by atoms with E-state index in [9.17, 15) is 0 Å². The van der Waals surface area contributed by atoms with Crippen molar-refractivity contribution in [3.05, 3.63) is 102 Å². The quantitative estimate of drug-likeness (QED) is 0.538. The Balaban J connectivity index is 1.65. The molecule has 0 radical (unpaired) electrons. The van der Waals surface area contributed by atoms with Crippen molar-refractivity contribution in [2.45, 2.75) is 6.54 Å². The highest BCUT2D eigenvalue weighted by atomic mass is 32.1. The molecule has 0 saturated heterocycles. The number of anilines is 1. The molecule has 3 heteroatoms. The monoisotopic (exact) mass is 342 g/mol. The lowest BCUT2D eigenvalue weighted by Crippen LogP contribution is -2.28. The SMILES string of the molecule is S=C(NCc1ccccc1C#Cc1ccccc1)Nc1ccccc1. The van der Waals surface area contributed by atoms with Crippen molar-refractivity contribution in [1.82, 2.24) is 5.32 Å². The highest BCUT2D eigenvalue weighted by molar-refractivity contribution is 7.80. The van der Waals surface area contributed by atoms with Gasteiger partial charge in [-0.3, -0.25) is 0 Å². The summed E-state index contributed by atoms with van der Waals surface area (Å²) >= 11 is 5.36. The summed E-state index contributed by atoms with van der Waals surface area (Å²) in [4.78, 5) is 0. The summed E-state index contributed by atoms with van der Waals surface area (Å²) in [5, 5.41) is 7.01. The van der Waals surface area contributed by atoms with Crippen molar-refractivity contribution in [3.63, 3.8) is 0 Å². The van der Waals surface area contributed by atoms with Crippen LogP contribution in [0.1, 0.15) is 16.7 Å². The summed E-state index contributed by atoms with van der Waals surface area (Å²) in [5.74, 6) is 6.45. The number of benzene rings is 3. The zero-order chi connectivity index (χ0) is 17.3. The van der Waals surface area contributed by atoms with Crippen LogP contribution in [-0.2, 0) is 6.54 Å². The third-order valence-corrected chi connectivity index (χ3v) is 3.85. The zero-order valence-electron chi connectivity index (χ0n) is 13.7. The Morgan fingerprint density at radius 1 is 0.760 bits per heavy atom. The standard InChI is InChI=1S/C22H18N2S/c25-22(24-21-13-5-2-6-14-21)23-17-20-12-8-7-11-19(20)16-15-18-9-3-1-4-10-18/h1-14H,17H2,(H2,23,24,25). The van der Waals surface area contributed by atoms with Crippen molar-refractivity contribution in [1.29, 1.82) is 0 Å². The molecule has 0 amide bonds. The molecule has 3 aromatic rings. The van der Waals surface area contributed by atoms with E-state index in [0.717, 1.165) is 22.4 Å². The first-order valence-corrected chi connectivity index (χ1v) is 8.47. The van der Waals surface area contributed by atoms with Crippen LogP contribution < -0.4 is 10.6 Å². The summed E-state index contributed by atoms with van der Waals surface area (Å²) in [5.41, 5.74) is 4.09. The van der Waals surface area contributed by atoms with Crippen LogP contribution in [0.15, 0.2) is 84.9 Å². The Labute approximate surface area is 153 Å². The average Bonchev–Trinajstić information content (AvgIpc) is 2.67. The fourth-order valence-corrected chi connectivity index (χ4v) is 2.52. The van der Waals surface area contributed by atoms with E-state index in [4.69, 9.17) is 12.2 Å². The maximum Gasteiger partial charge on any atom is 0.171 e. The van der Waals surface area contributed by atoms with E-state index in [1.54, 1.807) is 0 Å². The molecule has 0 saturated carbocycles. The first-order chi connectivity index (χ1) is 12.3.